The zero-order valence-corrected chi connectivity index (χ0v) is 24.5. The van der Waals surface area contributed by atoms with Gasteiger partial charge < -0.3 is 24.9 Å². The highest BCUT2D eigenvalue weighted by Crippen LogP contribution is 2.46. The van der Waals surface area contributed by atoms with E-state index in [0.29, 0.717) is 30.1 Å². The summed E-state index contributed by atoms with van der Waals surface area (Å²) in [6.45, 7) is 0. The van der Waals surface area contributed by atoms with Crippen molar-refractivity contribution in [3.05, 3.63) is 125 Å². The molecule has 6 rings (SSSR count). The molecule has 5 aromatic rings. The Morgan fingerprint density at radius 2 is 1.49 bits per heavy atom. The van der Waals surface area contributed by atoms with Crippen LogP contribution in [-0.4, -0.2) is 38.3 Å². The van der Waals surface area contributed by atoms with E-state index in [1.54, 1.807) is 21.3 Å². The highest BCUT2D eigenvalue weighted by Gasteiger charge is 2.46. The normalized spacial score (nSPS) is 18.0. The molecule has 2 atom stereocenters. The highest BCUT2D eigenvalue weighted by atomic mass is 16.5. The number of rotatable bonds is 9. The predicted octanol–water partition coefficient (Wildman–Crippen LogP) is 5.85. The van der Waals surface area contributed by atoms with E-state index in [0.717, 1.165) is 44.4 Å². The molecule has 0 aliphatic carbocycles. The number of H-pyrrole nitrogens is 1. The number of aromatic amines is 1. The van der Waals surface area contributed by atoms with Crippen LogP contribution in [0.25, 0.3) is 23.1 Å². The zero-order chi connectivity index (χ0) is 30.0. The Kier molecular flexibility index (Phi) is 7.65. The van der Waals surface area contributed by atoms with E-state index in [-0.39, 0.29) is 0 Å². The van der Waals surface area contributed by atoms with Gasteiger partial charge >= 0.3 is 0 Å². The van der Waals surface area contributed by atoms with Crippen molar-refractivity contribution >= 4 is 29.0 Å². The number of amides is 1. The molecule has 0 saturated heterocycles. The summed E-state index contributed by atoms with van der Waals surface area (Å²) in [4.78, 5) is 16.6. The number of aromatic nitrogens is 1. The maximum atomic E-state index is 12.9. The van der Waals surface area contributed by atoms with E-state index in [1.165, 1.54) is 0 Å². The lowest BCUT2D eigenvalue weighted by Crippen LogP contribution is -2.59. The smallest absolute Gasteiger partial charge is 0.234 e. The van der Waals surface area contributed by atoms with Crippen molar-refractivity contribution in [3.63, 3.8) is 0 Å². The molecule has 0 spiro atoms. The lowest BCUT2D eigenvalue weighted by Gasteiger charge is -2.42. The summed E-state index contributed by atoms with van der Waals surface area (Å²) in [7, 11) is 4.88. The van der Waals surface area contributed by atoms with Gasteiger partial charge in [0.15, 0.2) is 0 Å². The average molecular weight is 574 g/mol. The third-order valence-corrected chi connectivity index (χ3v) is 8.34. The fraction of sp³-hybridized carbons (Fsp3) is 0.194. The van der Waals surface area contributed by atoms with Gasteiger partial charge in [0.2, 0.25) is 5.91 Å². The van der Waals surface area contributed by atoms with E-state index < -0.39 is 17.5 Å². The van der Waals surface area contributed by atoms with Crippen LogP contribution in [-0.2, 0) is 23.2 Å². The molecule has 0 saturated carbocycles. The zero-order valence-electron chi connectivity index (χ0n) is 24.5. The van der Waals surface area contributed by atoms with Crippen LogP contribution in [0.4, 0.5) is 0 Å². The van der Waals surface area contributed by atoms with Crippen LogP contribution in [0.5, 0.6) is 17.2 Å². The minimum absolute atomic E-state index is 0.406. The summed E-state index contributed by atoms with van der Waals surface area (Å²) in [5.74, 6) is 1.47. The number of carbonyl (C=O) groups is 1. The summed E-state index contributed by atoms with van der Waals surface area (Å²) in [6.07, 6.45) is 5.07. The van der Waals surface area contributed by atoms with E-state index in [4.69, 9.17) is 19.9 Å². The lowest BCUT2D eigenvalue weighted by molar-refractivity contribution is -0.120. The number of nitrogens with two attached hydrogens (primary N) is 1. The topological polar surface area (TPSA) is 98.6 Å². The van der Waals surface area contributed by atoms with Gasteiger partial charge in [0.1, 0.15) is 17.2 Å². The maximum Gasteiger partial charge on any atom is 0.234 e. The van der Waals surface area contributed by atoms with Crippen LogP contribution in [0.1, 0.15) is 33.5 Å². The van der Waals surface area contributed by atoms with Crippen molar-refractivity contribution in [2.45, 2.75) is 24.4 Å². The molecular formula is C36H35N3O4. The first-order chi connectivity index (χ1) is 21.0. The second-order valence-corrected chi connectivity index (χ2v) is 10.8. The summed E-state index contributed by atoms with van der Waals surface area (Å²) >= 11 is 0. The number of benzene rings is 4. The number of carbonyl (C=O) groups excluding carboxylic acids is 1. The van der Waals surface area contributed by atoms with Gasteiger partial charge in [0.25, 0.3) is 0 Å². The Balaban J connectivity index is 1.55. The second kappa shape index (κ2) is 11.7. The quantitative estimate of drug-likeness (QED) is 0.192. The Morgan fingerprint density at radius 3 is 2.12 bits per heavy atom. The molecule has 0 unspecified atom stereocenters. The number of ether oxygens (including phenoxy) is 3. The van der Waals surface area contributed by atoms with E-state index in [9.17, 15) is 4.79 Å². The number of hydrogen-bond acceptors (Lipinski definition) is 5. The van der Waals surface area contributed by atoms with E-state index >= 15 is 0 Å². The van der Waals surface area contributed by atoms with Crippen LogP contribution < -0.4 is 25.3 Å². The maximum absolute atomic E-state index is 12.9. The highest BCUT2D eigenvalue weighted by molar-refractivity contribution is 5.89. The Labute approximate surface area is 251 Å². The number of primary amides is 1. The lowest BCUT2D eigenvalue weighted by atomic mass is 9.74. The molecule has 1 aromatic heterocycles. The summed E-state index contributed by atoms with van der Waals surface area (Å²) in [5, 5.41) is 4.77. The summed E-state index contributed by atoms with van der Waals surface area (Å²) in [5.41, 5.74) is 12.2. The molecule has 2 heterocycles. The number of hydrogen-bond donors (Lipinski definition) is 3. The largest absolute Gasteiger partial charge is 0.496 e. The first-order valence-electron chi connectivity index (χ1n) is 14.3. The molecule has 218 valence electrons. The summed E-state index contributed by atoms with van der Waals surface area (Å²) < 4.78 is 17.3. The molecule has 7 nitrogen and oxygen atoms in total. The average Bonchev–Trinajstić information content (AvgIpc) is 3.44. The van der Waals surface area contributed by atoms with Gasteiger partial charge in [-0.15, -0.1) is 0 Å². The predicted molar refractivity (Wildman–Crippen MR) is 171 cm³/mol. The van der Waals surface area contributed by atoms with Gasteiger partial charge in [0, 0.05) is 40.7 Å². The molecule has 4 N–H and O–H groups in total. The van der Waals surface area contributed by atoms with Gasteiger partial charge in [-0.25, -0.2) is 0 Å². The molecular weight excluding hydrogens is 538 g/mol. The van der Waals surface area contributed by atoms with Crippen molar-refractivity contribution in [2.24, 2.45) is 5.73 Å². The number of para-hydroxylation sites is 1. The number of nitrogens with one attached hydrogen (secondary N) is 2. The van der Waals surface area contributed by atoms with Crippen molar-refractivity contribution in [1.82, 2.24) is 10.3 Å². The van der Waals surface area contributed by atoms with Crippen LogP contribution in [0, 0.1) is 0 Å². The molecule has 1 aliphatic heterocycles. The van der Waals surface area contributed by atoms with Gasteiger partial charge in [0.05, 0.1) is 32.9 Å². The summed E-state index contributed by atoms with van der Waals surface area (Å²) in [6, 6.07) is 29.9. The fourth-order valence-corrected chi connectivity index (χ4v) is 6.19. The number of methoxy groups -OCH3 is 3. The molecule has 0 radical (unpaired) electrons. The third kappa shape index (κ3) is 5.24. The van der Waals surface area contributed by atoms with Crippen molar-refractivity contribution in [2.75, 3.05) is 21.3 Å². The van der Waals surface area contributed by atoms with Crippen molar-refractivity contribution in [1.29, 1.82) is 0 Å². The van der Waals surface area contributed by atoms with Crippen LogP contribution in [0.15, 0.2) is 91.0 Å². The standard InChI is InChI=1S/C36H35N3O4/c1-41-26-19-32(42-2)29(33(20-26)43-3)22-36(25-17-15-24(16-18-25)14-13-23-9-5-4-6-10-23)34-28(21-31(39-36)35(37)40)27-11-7-8-12-30(27)38-34/h4-20,31,38-39H,21-22H2,1-3H3,(H2,37,40)/t31-,36+/m1/s1. The molecule has 0 bridgehead atoms. The Bertz CT molecular complexity index is 1770. The Hall–Kier alpha value is -5.01. The molecule has 43 heavy (non-hydrogen) atoms. The first-order valence-corrected chi connectivity index (χ1v) is 14.3. The van der Waals surface area contributed by atoms with Gasteiger partial charge in [-0.05, 0) is 34.7 Å². The first kappa shape index (κ1) is 28.1. The van der Waals surface area contributed by atoms with Gasteiger partial charge in [-0.3, -0.25) is 10.1 Å². The van der Waals surface area contributed by atoms with Crippen molar-refractivity contribution < 1.29 is 19.0 Å². The molecule has 1 aliphatic rings. The second-order valence-electron chi connectivity index (χ2n) is 10.8. The fourth-order valence-electron chi connectivity index (χ4n) is 6.19. The molecule has 7 heteroatoms. The SMILES string of the molecule is COc1cc(OC)c(C[C@@]2(c3ccc(C=Cc4ccccc4)cc3)N[C@@H](C(N)=O)Cc3c2[nH]c2ccccc32)c(OC)c1. The van der Waals surface area contributed by atoms with Crippen LogP contribution in [0.2, 0.25) is 0 Å². The molecule has 4 aromatic carbocycles. The van der Waals surface area contributed by atoms with Crippen LogP contribution in [0.3, 0.4) is 0 Å². The van der Waals surface area contributed by atoms with Gasteiger partial charge in [-0.1, -0.05) is 84.9 Å². The van der Waals surface area contributed by atoms with Crippen LogP contribution >= 0.6 is 0 Å². The van der Waals surface area contributed by atoms with E-state index in [1.807, 2.05) is 42.5 Å². The third-order valence-electron chi connectivity index (χ3n) is 8.34. The van der Waals surface area contributed by atoms with Gasteiger partial charge in [-0.2, -0.15) is 0 Å². The van der Waals surface area contributed by atoms with E-state index in [2.05, 4.69) is 71.0 Å². The monoisotopic (exact) mass is 573 g/mol. The minimum atomic E-state index is -0.872. The van der Waals surface area contributed by atoms with Crippen molar-refractivity contribution in [3.8, 4) is 17.2 Å². The molecule has 1 amide bonds. The minimum Gasteiger partial charge on any atom is -0.496 e. The Morgan fingerprint density at radius 1 is 0.860 bits per heavy atom. The molecule has 0 fully saturated rings. The number of fused-ring (bicyclic) bond motifs is 3.